The van der Waals surface area contributed by atoms with Crippen molar-refractivity contribution in [3.63, 3.8) is 0 Å². The molecule has 3 nitrogen and oxygen atoms in total. The molecular formula is C14H5F3NO2Rb. The van der Waals surface area contributed by atoms with E-state index in [0.29, 0.717) is 12.1 Å². The van der Waals surface area contributed by atoms with Gasteiger partial charge in [0, 0.05) is 17.9 Å². The number of ether oxygens (including phenoxy) is 1. The van der Waals surface area contributed by atoms with Gasteiger partial charge in [0.2, 0.25) is 0 Å². The topological polar surface area (TPSA) is 50.1 Å². The van der Waals surface area contributed by atoms with Crippen molar-refractivity contribution in [3.05, 3.63) is 65.0 Å². The van der Waals surface area contributed by atoms with E-state index in [1.165, 1.54) is 12.1 Å². The molecule has 0 amide bonds. The van der Waals surface area contributed by atoms with E-state index in [9.17, 15) is 18.0 Å². The number of benzene rings is 2. The van der Waals surface area contributed by atoms with Crippen LogP contribution in [0, 0.1) is 34.8 Å². The molecule has 0 saturated heterocycles. The van der Waals surface area contributed by atoms with Crippen molar-refractivity contribution < 1.29 is 80.9 Å². The van der Waals surface area contributed by atoms with E-state index in [4.69, 9.17) is 5.26 Å². The third-order valence-corrected chi connectivity index (χ3v) is 2.37. The molecule has 21 heavy (non-hydrogen) atoms. The van der Waals surface area contributed by atoms with Crippen molar-refractivity contribution in [3.8, 4) is 11.8 Å². The molecule has 0 aliphatic heterocycles. The van der Waals surface area contributed by atoms with Crippen LogP contribution in [0.2, 0.25) is 0 Å². The number of nitriles is 1. The Morgan fingerprint density at radius 1 is 1.19 bits per heavy atom. The molecule has 0 bridgehead atoms. The van der Waals surface area contributed by atoms with Crippen LogP contribution in [0.1, 0.15) is 15.9 Å². The maximum Gasteiger partial charge on any atom is 1.00 e. The molecule has 2 aromatic carbocycles. The van der Waals surface area contributed by atoms with Crippen LogP contribution >= 0.6 is 0 Å². The smallest absolute Gasteiger partial charge is 0.424 e. The average molecular weight is 362 g/mol. The number of carbonyl (C=O) groups is 1. The quantitative estimate of drug-likeness (QED) is 0.430. The van der Waals surface area contributed by atoms with E-state index in [1.807, 2.05) is 0 Å². The van der Waals surface area contributed by atoms with Gasteiger partial charge in [0.25, 0.3) is 0 Å². The maximum atomic E-state index is 13.3. The molecule has 0 N–H and O–H groups in total. The SMILES string of the molecule is N#Cc1c(F)cc(OC(=O)c2cc[c-]cc2F)cc1F.[Rb+]. The van der Waals surface area contributed by atoms with Gasteiger partial charge in [-0.05, 0) is 5.56 Å². The molecule has 2 aromatic rings. The number of hydrogen-bond donors (Lipinski definition) is 0. The largest absolute Gasteiger partial charge is 1.00 e. The van der Waals surface area contributed by atoms with Crippen LogP contribution in [-0.2, 0) is 0 Å². The van der Waals surface area contributed by atoms with Crippen molar-refractivity contribution >= 4 is 5.97 Å². The molecule has 0 radical (unpaired) electrons. The van der Waals surface area contributed by atoms with E-state index in [1.54, 1.807) is 0 Å². The van der Waals surface area contributed by atoms with Gasteiger partial charge in [-0.2, -0.15) is 23.5 Å². The Labute approximate surface area is 167 Å². The summed E-state index contributed by atoms with van der Waals surface area (Å²) in [6.07, 6.45) is 0. The van der Waals surface area contributed by atoms with Gasteiger partial charge in [0.1, 0.15) is 29.0 Å². The van der Waals surface area contributed by atoms with Gasteiger partial charge in [0.15, 0.2) is 0 Å². The van der Waals surface area contributed by atoms with Crippen LogP contribution < -0.4 is 62.9 Å². The number of rotatable bonds is 2. The van der Waals surface area contributed by atoms with Gasteiger partial charge >= 0.3 is 64.2 Å². The van der Waals surface area contributed by atoms with Crippen molar-refractivity contribution in [1.29, 1.82) is 5.26 Å². The van der Waals surface area contributed by atoms with E-state index in [2.05, 4.69) is 10.8 Å². The first-order valence-corrected chi connectivity index (χ1v) is 5.30. The zero-order chi connectivity index (χ0) is 14.7. The summed E-state index contributed by atoms with van der Waals surface area (Å²) in [5.41, 5.74) is -1.18. The minimum atomic E-state index is -1.17. The molecule has 100 valence electrons. The molecule has 0 aliphatic carbocycles. The fourth-order valence-corrected chi connectivity index (χ4v) is 1.45. The Bertz CT molecular complexity index is 705. The van der Waals surface area contributed by atoms with Gasteiger partial charge in [0.05, 0.1) is 0 Å². The number of nitrogens with zero attached hydrogens (tertiary/aromatic N) is 1. The number of esters is 1. The van der Waals surface area contributed by atoms with Crippen molar-refractivity contribution in [2.24, 2.45) is 0 Å². The second-order valence-electron chi connectivity index (χ2n) is 3.67. The fraction of sp³-hybridized carbons (Fsp3) is 0. The Morgan fingerprint density at radius 3 is 2.33 bits per heavy atom. The van der Waals surface area contributed by atoms with Crippen LogP contribution in [0.25, 0.3) is 0 Å². The Morgan fingerprint density at radius 2 is 1.81 bits per heavy atom. The first kappa shape index (κ1) is 18.0. The Balaban J connectivity index is 0.00000220. The zero-order valence-electron chi connectivity index (χ0n) is 10.8. The van der Waals surface area contributed by atoms with E-state index < -0.39 is 40.3 Å². The molecule has 0 atom stereocenters. The summed E-state index contributed by atoms with van der Waals surface area (Å²) in [5.74, 6) is -4.78. The first-order valence-electron chi connectivity index (χ1n) is 5.30. The van der Waals surface area contributed by atoms with E-state index in [-0.39, 0.29) is 58.2 Å². The van der Waals surface area contributed by atoms with Crippen LogP contribution in [0.15, 0.2) is 30.3 Å². The summed E-state index contributed by atoms with van der Waals surface area (Å²) >= 11 is 0. The van der Waals surface area contributed by atoms with Crippen molar-refractivity contribution in [2.75, 3.05) is 0 Å². The fourth-order valence-electron chi connectivity index (χ4n) is 1.45. The molecule has 0 fully saturated rings. The molecule has 2 rings (SSSR count). The van der Waals surface area contributed by atoms with Gasteiger partial charge in [-0.3, -0.25) is 4.39 Å². The molecule has 0 spiro atoms. The van der Waals surface area contributed by atoms with Gasteiger partial charge in [-0.1, -0.05) is 0 Å². The van der Waals surface area contributed by atoms with Crippen LogP contribution in [0.5, 0.6) is 5.75 Å². The summed E-state index contributed by atoms with van der Waals surface area (Å²) in [4.78, 5) is 11.6. The zero-order valence-corrected chi connectivity index (χ0v) is 15.7. The monoisotopic (exact) mass is 361 g/mol. The summed E-state index contributed by atoms with van der Waals surface area (Å²) < 4.78 is 44.6. The molecular weight excluding hydrogens is 357 g/mol. The number of halogens is 3. The third kappa shape index (κ3) is 4.23. The molecule has 0 heterocycles. The summed E-state index contributed by atoms with van der Waals surface area (Å²) in [6.45, 7) is 0. The van der Waals surface area contributed by atoms with E-state index >= 15 is 0 Å². The third-order valence-electron chi connectivity index (χ3n) is 2.37. The molecule has 0 aliphatic rings. The maximum absolute atomic E-state index is 13.3. The summed E-state index contributed by atoms with van der Waals surface area (Å²) in [5, 5.41) is 8.50. The van der Waals surface area contributed by atoms with Gasteiger partial charge < -0.3 is 4.74 Å². The van der Waals surface area contributed by atoms with E-state index in [0.717, 1.165) is 12.1 Å². The Hall–Kier alpha value is -1.00. The predicted molar refractivity (Wildman–Crippen MR) is 61.3 cm³/mol. The van der Waals surface area contributed by atoms with Gasteiger partial charge in [-0.25, -0.2) is 13.6 Å². The van der Waals surface area contributed by atoms with Crippen LogP contribution in [-0.4, -0.2) is 5.97 Å². The second kappa shape index (κ2) is 7.85. The van der Waals surface area contributed by atoms with Crippen LogP contribution in [0.4, 0.5) is 13.2 Å². The second-order valence-corrected chi connectivity index (χ2v) is 3.67. The molecule has 0 aromatic heterocycles. The predicted octanol–water partition coefficient (Wildman–Crippen LogP) is -0.00103. The van der Waals surface area contributed by atoms with Gasteiger partial charge in [-0.15, -0.1) is 6.07 Å². The first-order chi connectivity index (χ1) is 9.52. The molecule has 7 heteroatoms. The minimum absolute atomic E-state index is 0. The summed E-state index contributed by atoms with van der Waals surface area (Å²) in [6, 6.07) is 8.43. The molecule has 0 unspecified atom stereocenters. The van der Waals surface area contributed by atoms with Crippen molar-refractivity contribution in [2.45, 2.75) is 0 Å². The standard InChI is InChI=1S/C14H5F3NO2.Rb/c15-11-4-2-1-3-9(11)14(19)20-8-5-12(16)10(7-18)13(17)6-8;/h1,3-6H;/q-1;+1. The number of hydrogen-bond acceptors (Lipinski definition) is 3. The molecule has 0 saturated carbocycles. The van der Waals surface area contributed by atoms with Crippen LogP contribution in [0.3, 0.4) is 0 Å². The normalized spacial score (nSPS) is 9.43. The summed E-state index contributed by atoms with van der Waals surface area (Å²) in [7, 11) is 0. The van der Waals surface area contributed by atoms with Crippen molar-refractivity contribution in [1.82, 2.24) is 0 Å². The minimum Gasteiger partial charge on any atom is -0.424 e. The number of carbonyl (C=O) groups excluding carboxylic acids is 1. The Kier molecular flexibility index (Phi) is 6.74. The average Bonchev–Trinajstić information content (AvgIpc) is 2.38.